The third kappa shape index (κ3) is 5.35. The molecule has 0 spiro atoms. The van der Waals surface area contributed by atoms with Crippen LogP contribution in [-0.2, 0) is 24.3 Å². The average Bonchev–Trinajstić information content (AvgIpc) is 2.77. The van der Waals surface area contributed by atoms with Crippen LogP contribution in [0.1, 0.15) is 16.8 Å². The molecule has 162 valence electrons. The molecule has 2 N–H and O–H groups in total. The predicted molar refractivity (Wildman–Crippen MR) is 114 cm³/mol. The summed E-state index contributed by atoms with van der Waals surface area (Å²) in [5, 5.41) is 12.1. The van der Waals surface area contributed by atoms with Crippen molar-refractivity contribution in [3.05, 3.63) is 81.5 Å². The van der Waals surface area contributed by atoms with Crippen LogP contribution in [0.2, 0.25) is 0 Å². The van der Waals surface area contributed by atoms with E-state index in [9.17, 15) is 19.1 Å². The molecule has 0 atom stereocenters. The Bertz CT molecular complexity index is 1130. The number of aliphatic hydroxyl groups is 1. The number of aliphatic hydroxyl groups excluding tert-OH is 1. The molecule has 0 bridgehead atoms. The fraction of sp³-hybridized carbons (Fsp3) is 0.261. The van der Waals surface area contributed by atoms with Crippen LogP contribution in [0.25, 0.3) is 11.4 Å². The predicted octanol–water partition coefficient (Wildman–Crippen LogP) is 2.22. The van der Waals surface area contributed by atoms with Gasteiger partial charge in [0.05, 0.1) is 7.11 Å². The molecule has 0 unspecified atom stereocenters. The molecule has 1 amide bonds. The Hall–Kier alpha value is -3.52. The lowest BCUT2D eigenvalue weighted by atomic mass is 10.1. The lowest BCUT2D eigenvalue weighted by molar-refractivity contribution is -0.121. The number of methoxy groups -OCH3 is 1. The summed E-state index contributed by atoms with van der Waals surface area (Å²) >= 11 is 0. The van der Waals surface area contributed by atoms with Gasteiger partial charge >= 0.3 is 0 Å². The van der Waals surface area contributed by atoms with Crippen LogP contribution in [-0.4, -0.2) is 34.3 Å². The molecule has 1 aromatic heterocycles. The monoisotopic (exact) mass is 425 g/mol. The molecule has 31 heavy (non-hydrogen) atoms. The third-order valence-electron chi connectivity index (χ3n) is 4.86. The van der Waals surface area contributed by atoms with Gasteiger partial charge in [0.25, 0.3) is 5.56 Å². The number of benzene rings is 2. The minimum atomic E-state index is -0.473. The first kappa shape index (κ1) is 22.2. The molecule has 8 heteroatoms. The first-order chi connectivity index (χ1) is 14.9. The first-order valence-electron chi connectivity index (χ1n) is 9.79. The fourth-order valence-electron chi connectivity index (χ4n) is 3.24. The maximum atomic E-state index is 13.8. The number of halogens is 1. The van der Waals surface area contributed by atoms with Gasteiger partial charge < -0.3 is 15.2 Å². The summed E-state index contributed by atoms with van der Waals surface area (Å²) < 4.78 is 20.1. The summed E-state index contributed by atoms with van der Waals surface area (Å²) in [7, 11) is 1.57. The summed E-state index contributed by atoms with van der Waals surface area (Å²) in [6, 6.07) is 12.9. The molecule has 0 aliphatic rings. The minimum Gasteiger partial charge on any atom is -0.497 e. The number of hydrogen-bond donors (Lipinski definition) is 2. The van der Waals surface area contributed by atoms with Gasteiger partial charge in [-0.25, -0.2) is 9.37 Å². The zero-order chi connectivity index (χ0) is 22.4. The van der Waals surface area contributed by atoms with Crippen LogP contribution in [0, 0.1) is 12.7 Å². The minimum absolute atomic E-state index is 0.120. The van der Waals surface area contributed by atoms with E-state index in [2.05, 4.69) is 10.3 Å². The molecular weight excluding hydrogens is 401 g/mol. The number of nitrogens with one attached hydrogen (secondary N) is 1. The molecule has 0 saturated heterocycles. The van der Waals surface area contributed by atoms with Gasteiger partial charge in [-0.15, -0.1) is 0 Å². The molecule has 0 radical (unpaired) electrons. The van der Waals surface area contributed by atoms with Gasteiger partial charge in [0, 0.05) is 36.4 Å². The number of amides is 1. The highest BCUT2D eigenvalue weighted by molar-refractivity contribution is 5.76. The Labute approximate surface area is 179 Å². The van der Waals surface area contributed by atoms with E-state index in [0.717, 1.165) is 5.56 Å². The Morgan fingerprint density at radius 2 is 1.97 bits per heavy atom. The SMILES string of the molecule is COc1ccc(CNC(=O)Cn2c(-c3cccc(F)c3)nc(C)c(CCO)c2=O)cc1. The Balaban J connectivity index is 1.89. The highest BCUT2D eigenvalue weighted by Gasteiger charge is 2.18. The van der Waals surface area contributed by atoms with Crippen molar-refractivity contribution in [2.24, 2.45) is 0 Å². The standard InChI is InChI=1S/C23H24FN3O4/c1-15-20(10-11-28)23(30)27(22(26-15)17-4-3-5-18(24)12-17)14-21(29)25-13-16-6-8-19(31-2)9-7-16/h3-9,12,28H,10-11,13-14H2,1-2H3,(H,25,29). The number of nitrogens with zero attached hydrogens (tertiary/aromatic N) is 2. The molecule has 0 aliphatic heterocycles. The molecule has 1 heterocycles. The molecule has 7 nitrogen and oxygen atoms in total. The van der Waals surface area contributed by atoms with Gasteiger partial charge in [-0.2, -0.15) is 0 Å². The molecule has 0 saturated carbocycles. The zero-order valence-electron chi connectivity index (χ0n) is 17.4. The molecule has 0 fully saturated rings. The highest BCUT2D eigenvalue weighted by Crippen LogP contribution is 2.19. The largest absolute Gasteiger partial charge is 0.497 e. The van der Waals surface area contributed by atoms with Crippen LogP contribution in [0.4, 0.5) is 4.39 Å². The number of aromatic nitrogens is 2. The third-order valence-corrected chi connectivity index (χ3v) is 4.86. The van der Waals surface area contributed by atoms with Crippen molar-refractivity contribution in [3.8, 4) is 17.1 Å². The van der Waals surface area contributed by atoms with E-state index in [1.165, 1.54) is 22.8 Å². The lowest BCUT2D eigenvalue weighted by Crippen LogP contribution is -2.35. The maximum absolute atomic E-state index is 13.8. The quantitative estimate of drug-likeness (QED) is 0.577. The van der Waals surface area contributed by atoms with Crippen LogP contribution in [0.15, 0.2) is 53.3 Å². The van der Waals surface area contributed by atoms with E-state index < -0.39 is 17.3 Å². The van der Waals surface area contributed by atoms with E-state index in [1.54, 1.807) is 32.2 Å². The van der Waals surface area contributed by atoms with Gasteiger partial charge in [0.2, 0.25) is 5.91 Å². The second-order valence-electron chi connectivity index (χ2n) is 7.00. The van der Waals surface area contributed by atoms with Gasteiger partial charge in [-0.05, 0) is 36.8 Å². The maximum Gasteiger partial charge on any atom is 0.257 e. The normalized spacial score (nSPS) is 10.7. The van der Waals surface area contributed by atoms with Gasteiger partial charge in [-0.1, -0.05) is 24.3 Å². The van der Waals surface area contributed by atoms with Crippen LogP contribution < -0.4 is 15.6 Å². The van der Waals surface area contributed by atoms with E-state index in [4.69, 9.17) is 4.74 Å². The van der Waals surface area contributed by atoms with E-state index >= 15 is 0 Å². The second-order valence-corrected chi connectivity index (χ2v) is 7.00. The van der Waals surface area contributed by atoms with Crippen molar-refractivity contribution < 1.29 is 19.0 Å². The van der Waals surface area contributed by atoms with Crippen LogP contribution in [0.3, 0.4) is 0 Å². The summed E-state index contributed by atoms with van der Waals surface area (Å²) in [6.45, 7) is 1.42. The van der Waals surface area contributed by atoms with Crippen LogP contribution in [0.5, 0.6) is 5.75 Å². The number of carbonyl (C=O) groups is 1. The molecule has 0 aliphatic carbocycles. The van der Waals surface area contributed by atoms with Crippen molar-refractivity contribution in [2.75, 3.05) is 13.7 Å². The molecule has 3 rings (SSSR count). The molecule has 3 aromatic rings. The molecular formula is C23H24FN3O4. The van der Waals surface area contributed by atoms with E-state index in [1.807, 2.05) is 12.1 Å². The van der Waals surface area contributed by atoms with Crippen molar-refractivity contribution in [3.63, 3.8) is 0 Å². The summed E-state index contributed by atoms with van der Waals surface area (Å²) in [4.78, 5) is 30.1. The summed E-state index contributed by atoms with van der Waals surface area (Å²) in [5.41, 5.74) is 1.59. The van der Waals surface area contributed by atoms with Gasteiger partial charge in [0.1, 0.15) is 23.9 Å². The van der Waals surface area contributed by atoms with E-state index in [-0.39, 0.29) is 31.9 Å². The van der Waals surface area contributed by atoms with Crippen molar-refractivity contribution in [2.45, 2.75) is 26.4 Å². The Morgan fingerprint density at radius 3 is 2.61 bits per heavy atom. The van der Waals surface area contributed by atoms with Gasteiger partial charge in [-0.3, -0.25) is 14.2 Å². The summed E-state index contributed by atoms with van der Waals surface area (Å²) in [5.74, 6) is 0.0438. The first-order valence-corrected chi connectivity index (χ1v) is 9.79. The highest BCUT2D eigenvalue weighted by atomic mass is 19.1. The van der Waals surface area contributed by atoms with Crippen molar-refractivity contribution in [1.82, 2.24) is 14.9 Å². The molecule has 2 aromatic carbocycles. The number of ether oxygens (including phenoxy) is 1. The summed E-state index contributed by atoms with van der Waals surface area (Å²) in [6.07, 6.45) is 0.120. The number of carbonyl (C=O) groups excluding carboxylic acids is 1. The second kappa shape index (κ2) is 9.99. The number of aryl methyl sites for hydroxylation is 1. The van der Waals surface area contributed by atoms with E-state index in [0.29, 0.717) is 22.6 Å². The topological polar surface area (TPSA) is 93.4 Å². The number of rotatable bonds is 8. The smallest absolute Gasteiger partial charge is 0.257 e. The van der Waals surface area contributed by atoms with Crippen molar-refractivity contribution >= 4 is 5.91 Å². The number of hydrogen-bond acceptors (Lipinski definition) is 5. The Morgan fingerprint density at radius 1 is 1.23 bits per heavy atom. The zero-order valence-corrected chi connectivity index (χ0v) is 17.4. The van der Waals surface area contributed by atoms with Crippen molar-refractivity contribution in [1.29, 1.82) is 0 Å². The fourth-order valence-corrected chi connectivity index (χ4v) is 3.24. The van der Waals surface area contributed by atoms with Gasteiger partial charge in [0.15, 0.2) is 0 Å². The lowest BCUT2D eigenvalue weighted by Gasteiger charge is -2.16. The van der Waals surface area contributed by atoms with Crippen LogP contribution >= 0.6 is 0 Å². The average molecular weight is 425 g/mol. The Kier molecular flexibility index (Phi) is 7.15.